The van der Waals surface area contributed by atoms with Crippen molar-refractivity contribution in [1.29, 1.82) is 0 Å². The van der Waals surface area contributed by atoms with Crippen LogP contribution in [0.15, 0.2) is 41.5 Å². The van der Waals surface area contributed by atoms with Crippen LogP contribution in [-0.4, -0.2) is 25.8 Å². The number of hydrogen-bond acceptors (Lipinski definition) is 4. The normalized spacial score (nSPS) is 10.7. The van der Waals surface area contributed by atoms with E-state index in [1.54, 1.807) is 25.3 Å². The fourth-order valence-corrected chi connectivity index (χ4v) is 2.19. The number of nitrogens with one attached hydrogen (secondary N) is 1. The molecule has 0 saturated carbocycles. The first-order valence-electron chi connectivity index (χ1n) is 7.35. The number of aryl methyl sites for hydroxylation is 2. The molecule has 0 spiro atoms. The van der Waals surface area contributed by atoms with Crippen molar-refractivity contribution in [2.45, 2.75) is 13.8 Å². The van der Waals surface area contributed by atoms with Gasteiger partial charge in [0.15, 0.2) is 6.61 Å². The van der Waals surface area contributed by atoms with Gasteiger partial charge < -0.3 is 9.47 Å². The van der Waals surface area contributed by atoms with Gasteiger partial charge >= 0.3 is 0 Å². The average molecular weight is 347 g/mol. The molecule has 2 rings (SSSR count). The number of nitrogens with zero attached hydrogens (tertiary/aromatic N) is 1. The first kappa shape index (κ1) is 17.8. The van der Waals surface area contributed by atoms with Crippen LogP contribution in [-0.2, 0) is 4.79 Å². The molecule has 5 nitrogen and oxygen atoms in total. The fourth-order valence-electron chi connectivity index (χ4n) is 1.93. The van der Waals surface area contributed by atoms with Crippen molar-refractivity contribution in [3.05, 3.63) is 58.1 Å². The van der Waals surface area contributed by atoms with Gasteiger partial charge in [-0.3, -0.25) is 4.79 Å². The Morgan fingerprint density at radius 2 is 2.00 bits per heavy atom. The van der Waals surface area contributed by atoms with Crippen LogP contribution in [0.4, 0.5) is 0 Å². The van der Waals surface area contributed by atoms with Crippen LogP contribution in [0, 0.1) is 13.8 Å². The molecule has 6 heteroatoms. The Morgan fingerprint density at radius 3 is 2.67 bits per heavy atom. The van der Waals surface area contributed by atoms with Crippen molar-refractivity contribution < 1.29 is 14.3 Å². The van der Waals surface area contributed by atoms with Gasteiger partial charge in [0.25, 0.3) is 5.91 Å². The smallest absolute Gasteiger partial charge is 0.277 e. The molecule has 0 aliphatic carbocycles. The second-order valence-corrected chi connectivity index (χ2v) is 5.63. The van der Waals surface area contributed by atoms with Crippen LogP contribution < -0.4 is 14.9 Å². The van der Waals surface area contributed by atoms with E-state index in [9.17, 15) is 4.79 Å². The monoisotopic (exact) mass is 346 g/mol. The lowest BCUT2D eigenvalue weighted by molar-refractivity contribution is -0.123. The molecule has 1 amide bonds. The Morgan fingerprint density at radius 1 is 1.21 bits per heavy atom. The van der Waals surface area contributed by atoms with Crippen LogP contribution in [0.1, 0.15) is 16.7 Å². The highest BCUT2D eigenvalue weighted by molar-refractivity contribution is 6.32. The number of carbonyl (C=O) groups is 1. The number of ether oxygens (including phenoxy) is 2. The number of hydrogen-bond donors (Lipinski definition) is 1. The van der Waals surface area contributed by atoms with E-state index in [1.165, 1.54) is 11.8 Å². The minimum Gasteiger partial charge on any atom is -0.495 e. The van der Waals surface area contributed by atoms with Crippen molar-refractivity contribution in [3.63, 3.8) is 0 Å². The van der Waals surface area contributed by atoms with Gasteiger partial charge in [0.2, 0.25) is 0 Å². The molecule has 0 aromatic heterocycles. The molecule has 0 aliphatic heterocycles. The van der Waals surface area contributed by atoms with E-state index < -0.39 is 0 Å². The average Bonchev–Trinajstić information content (AvgIpc) is 2.56. The van der Waals surface area contributed by atoms with Gasteiger partial charge in [-0.25, -0.2) is 5.43 Å². The van der Waals surface area contributed by atoms with Crippen molar-refractivity contribution in [2.24, 2.45) is 5.10 Å². The lowest BCUT2D eigenvalue weighted by Crippen LogP contribution is -2.24. The third-order valence-corrected chi connectivity index (χ3v) is 3.72. The van der Waals surface area contributed by atoms with Crippen molar-refractivity contribution in [1.82, 2.24) is 5.43 Å². The zero-order valence-corrected chi connectivity index (χ0v) is 14.6. The van der Waals surface area contributed by atoms with E-state index in [1.807, 2.05) is 32.0 Å². The zero-order valence-electron chi connectivity index (χ0n) is 13.8. The summed E-state index contributed by atoms with van der Waals surface area (Å²) in [6, 6.07) is 10.9. The highest BCUT2D eigenvalue weighted by atomic mass is 35.5. The summed E-state index contributed by atoms with van der Waals surface area (Å²) >= 11 is 6.02. The number of carbonyl (C=O) groups excluding carboxylic acids is 1. The van der Waals surface area contributed by atoms with E-state index in [-0.39, 0.29) is 12.5 Å². The third-order valence-electron chi connectivity index (χ3n) is 3.43. The topological polar surface area (TPSA) is 59.9 Å². The molecule has 0 bridgehead atoms. The van der Waals surface area contributed by atoms with Crippen molar-refractivity contribution in [2.75, 3.05) is 13.7 Å². The van der Waals surface area contributed by atoms with Crippen molar-refractivity contribution in [3.8, 4) is 11.5 Å². The number of hydrazone groups is 1. The summed E-state index contributed by atoms with van der Waals surface area (Å²) in [5.41, 5.74) is 5.44. The predicted octanol–water partition coefficient (Wildman–Crippen LogP) is 3.49. The van der Waals surface area contributed by atoms with Gasteiger partial charge in [-0.15, -0.1) is 0 Å². The molecule has 0 fully saturated rings. The van der Waals surface area contributed by atoms with Gasteiger partial charge in [0.05, 0.1) is 18.3 Å². The molecule has 0 heterocycles. The summed E-state index contributed by atoms with van der Waals surface area (Å²) in [6.45, 7) is 3.90. The molecule has 0 unspecified atom stereocenters. The number of rotatable bonds is 6. The maximum atomic E-state index is 11.7. The predicted molar refractivity (Wildman–Crippen MR) is 95.2 cm³/mol. The van der Waals surface area contributed by atoms with Crippen LogP contribution in [0.25, 0.3) is 0 Å². The molecule has 126 valence electrons. The van der Waals surface area contributed by atoms with E-state index >= 15 is 0 Å². The molecule has 0 saturated heterocycles. The van der Waals surface area contributed by atoms with E-state index in [0.29, 0.717) is 16.5 Å². The number of halogens is 1. The number of methoxy groups -OCH3 is 1. The molecule has 24 heavy (non-hydrogen) atoms. The van der Waals surface area contributed by atoms with Gasteiger partial charge in [-0.2, -0.15) is 5.10 Å². The summed E-state index contributed by atoms with van der Waals surface area (Å²) in [5.74, 6) is 0.892. The second kappa shape index (κ2) is 8.36. The number of amides is 1. The first-order chi connectivity index (χ1) is 11.5. The maximum absolute atomic E-state index is 11.7. The molecule has 0 radical (unpaired) electrons. The van der Waals surface area contributed by atoms with Gasteiger partial charge in [0, 0.05) is 0 Å². The zero-order chi connectivity index (χ0) is 17.5. The summed E-state index contributed by atoms with van der Waals surface area (Å²) in [4.78, 5) is 11.7. The van der Waals surface area contributed by atoms with Crippen LogP contribution in [0.3, 0.4) is 0 Å². The maximum Gasteiger partial charge on any atom is 0.277 e. The molecular formula is C18H19ClN2O3. The quantitative estimate of drug-likeness (QED) is 0.643. The third kappa shape index (κ3) is 4.99. The van der Waals surface area contributed by atoms with Gasteiger partial charge in [-0.1, -0.05) is 17.7 Å². The number of benzene rings is 2. The summed E-state index contributed by atoms with van der Waals surface area (Å²) in [5, 5.41) is 4.36. The molecule has 1 N–H and O–H groups in total. The van der Waals surface area contributed by atoms with Crippen LogP contribution in [0.5, 0.6) is 11.5 Å². The SMILES string of the molecule is COc1ccc(C=NNC(=O)COc2ccc(C)c(C)c2)cc1Cl. The Bertz CT molecular complexity index is 760. The summed E-state index contributed by atoms with van der Waals surface area (Å²) in [6.07, 6.45) is 1.50. The molecular weight excluding hydrogens is 328 g/mol. The minimum atomic E-state index is -0.343. The Kier molecular flexibility index (Phi) is 6.21. The summed E-state index contributed by atoms with van der Waals surface area (Å²) in [7, 11) is 1.55. The van der Waals surface area contributed by atoms with E-state index in [4.69, 9.17) is 21.1 Å². The standard InChI is InChI=1S/C18H19ClN2O3/c1-12-4-6-15(8-13(12)2)24-11-18(22)21-20-10-14-5-7-17(23-3)16(19)9-14/h4-10H,11H2,1-3H3,(H,21,22). The van der Waals surface area contributed by atoms with Crippen LogP contribution in [0.2, 0.25) is 5.02 Å². The van der Waals surface area contributed by atoms with E-state index in [0.717, 1.165) is 11.1 Å². The lowest BCUT2D eigenvalue weighted by Gasteiger charge is -2.07. The van der Waals surface area contributed by atoms with Crippen molar-refractivity contribution >= 4 is 23.7 Å². The van der Waals surface area contributed by atoms with Gasteiger partial charge in [0.1, 0.15) is 11.5 Å². The largest absolute Gasteiger partial charge is 0.495 e. The lowest BCUT2D eigenvalue weighted by atomic mass is 10.1. The minimum absolute atomic E-state index is 0.108. The van der Waals surface area contributed by atoms with E-state index in [2.05, 4.69) is 10.5 Å². The first-order valence-corrected chi connectivity index (χ1v) is 7.73. The van der Waals surface area contributed by atoms with Crippen LogP contribution >= 0.6 is 11.6 Å². The Labute approximate surface area is 146 Å². The highest BCUT2D eigenvalue weighted by Gasteiger charge is 2.03. The Hall–Kier alpha value is -2.53. The molecule has 2 aromatic rings. The second-order valence-electron chi connectivity index (χ2n) is 5.22. The highest BCUT2D eigenvalue weighted by Crippen LogP contribution is 2.24. The molecule has 2 aromatic carbocycles. The molecule has 0 atom stereocenters. The molecule has 0 aliphatic rings. The summed E-state index contributed by atoms with van der Waals surface area (Å²) < 4.78 is 10.5. The fraction of sp³-hybridized carbons (Fsp3) is 0.222. The Balaban J connectivity index is 1.84. The van der Waals surface area contributed by atoms with Gasteiger partial charge in [-0.05, 0) is 60.9 Å².